The third kappa shape index (κ3) is 5.34. The fourth-order valence-electron chi connectivity index (χ4n) is 11.0. The number of rotatable bonds is 2. The van der Waals surface area contributed by atoms with Gasteiger partial charge in [0.05, 0.1) is 0 Å². The van der Waals surface area contributed by atoms with Gasteiger partial charge in [0, 0.05) is 10.8 Å². The summed E-state index contributed by atoms with van der Waals surface area (Å²) in [6, 6.07) is 21.2. The van der Waals surface area contributed by atoms with Crippen LogP contribution >= 0.6 is 0 Å². The Balaban J connectivity index is 0.000000223. The van der Waals surface area contributed by atoms with Crippen LogP contribution in [0.1, 0.15) is 72.9 Å². The second kappa shape index (κ2) is 14.6. The van der Waals surface area contributed by atoms with E-state index in [4.69, 9.17) is 0 Å². The average molecular weight is 866 g/mol. The summed E-state index contributed by atoms with van der Waals surface area (Å²) in [6.45, 7) is 20.3. The molecule has 0 aromatic heterocycles. The second-order valence-electron chi connectivity index (χ2n) is 15.8. The number of benzene rings is 2. The Morgan fingerprint density at radius 2 is 1.14 bits per heavy atom. The fraction of sp³-hybridized carbons (Fsp3) is 0.362. The zero-order chi connectivity index (χ0) is 34.5. The number of allylic oxidation sites excluding steroid dienone is 16. The third-order valence-electron chi connectivity index (χ3n) is 14.7. The minimum atomic E-state index is 0. The van der Waals surface area contributed by atoms with Gasteiger partial charge in [-0.15, -0.1) is 23.8 Å². The Kier molecular flexibility index (Phi) is 11.8. The summed E-state index contributed by atoms with van der Waals surface area (Å²) in [5.41, 5.74) is 4.44. The molecule has 2 saturated carbocycles. The van der Waals surface area contributed by atoms with E-state index in [1.807, 2.05) is 12.2 Å². The Bertz CT molecular complexity index is 1760. The zero-order valence-corrected chi connectivity index (χ0v) is 36.1. The molecule has 260 valence electrons. The van der Waals surface area contributed by atoms with Gasteiger partial charge in [0.25, 0.3) is 0 Å². The molecular formula is C47H52Cl2Hf-2. The summed E-state index contributed by atoms with van der Waals surface area (Å²) in [5, 5.41) is 0. The third-order valence-corrected chi connectivity index (χ3v) is 16.8. The van der Waals surface area contributed by atoms with E-state index in [0.29, 0.717) is 5.92 Å². The molecule has 8 rings (SSSR count). The molecule has 8 unspecified atom stereocenters. The SMILES string of the molecule is CC1=CC=CC2[CH-]C3(C)C4(C)C=CC=CC4(C)C4(C)C=CC=CC4(C)C3(C)C12C.[C-]1=CC=CC1.[Cl-].[Cl-].[Hf+2]=[C](c1ccccc1)c1ccccc1. The minimum absolute atomic E-state index is 0. The first-order chi connectivity index (χ1) is 22.8. The van der Waals surface area contributed by atoms with Crippen LogP contribution in [0.15, 0.2) is 151 Å². The summed E-state index contributed by atoms with van der Waals surface area (Å²) in [6.07, 6.45) is 39.3. The fourth-order valence-corrected chi connectivity index (χ4v) is 12.2. The maximum atomic E-state index is 2.99. The van der Waals surface area contributed by atoms with Gasteiger partial charge in [-0.2, -0.15) is 6.08 Å². The molecule has 0 amide bonds. The van der Waals surface area contributed by atoms with Crippen molar-refractivity contribution in [3.05, 3.63) is 175 Å². The van der Waals surface area contributed by atoms with Crippen LogP contribution < -0.4 is 24.8 Å². The van der Waals surface area contributed by atoms with E-state index in [-0.39, 0.29) is 62.7 Å². The Morgan fingerprint density at radius 3 is 1.60 bits per heavy atom. The van der Waals surface area contributed by atoms with Gasteiger partial charge in [0.15, 0.2) is 0 Å². The van der Waals surface area contributed by atoms with Crippen LogP contribution in [0.2, 0.25) is 0 Å². The molecule has 2 aromatic rings. The van der Waals surface area contributed by atoms with Crippen molar-refractivity contribution >= 4 is 3.26 Å². The molecule has 2 fully saturated rings. The van der Waals surface area contributed by atoms with Crippen molar-refractivity contribution in [2.45, 2.75) is 61.8 Å². The summed E-state index contributed by atoms with van der Waals surface area (Å²) in [4.78, 5) is 0. The topological polar surface area (TPSA) is 0 Å². The molecular weight excluding hydrogens is 814 g/mol. The first kappa shape index (κ1) is 40.5. The molecule has 8 atom stereocenters. The standard InChI is InChI=1S/C29H37.C13H10.C5H5.2ClH.Hf/c1-21-14-13-15-22-20-27(6)25(4)18-10-9-16-23(25,2)24(3)17-11-12-19-26(24,5)29(27,8)28(21,22)7;1-3-7-12(8-4-1)11-13-9-5-2-6-10-13;1-2-4-5-3-1;;;/h9-20,22H,1-8H3;1-10H;1-3H,4H2;2*1H;/q-1;;-1;;;+2/p-2. The van der Waals surface area contributed by atoms with E-state index in [1.54, 1.807) is 0 Å². The molecule has 0 aliphatic heterocycles. The molecule has 3 heteroatoms. The van der Waals surface area contributed by atoms with E-state index >= 15 is 0 Å². The molecule has 0 N–H and O–H groups in total. The van der Waals surface area contributed by atoms with Crippen LogP contribution in [0.3, 0.4) is 0 Å². The van der Waals surface area contributed by atoms with E-state index in [2.05, 4.69) is 201 Å². The van der Waals surface area contributed by atoms with Gasteiger partial charge in [0.2, 0.25) is 0 Å². The molecule has 6 aliphatic rings. The van der Waals surface area contributed by atoms with Crippen molar-refractivity contribution in [2.75, 3.05) is 0 Å². The quantitative estimate of drug-likeness (QED) is 0.267. The van der Waals surface area contributed by atoms with E-state index in [0.717, 1.165) is 30.3 Å². The van der Waals surface area contributed by atoms with Gasteiger partial charge in [-0.05, 0) is 28.6 Å². The van der Waals surface area contributed by atoms with Crippen LogP contribution in [0, 0.1) is 56.3 Å². The first-order valence-corrected chi connectivity index (χ1v) is 19.4. The Labute approximate surface area is 330 Å². The molecule has 0 saturated heterocycles. The number of hydrogen-bond acceptors (Lipinski definition) is 0. The monoisotopic (exact) mass is 866 g/mol. The van der Waals surface area contributed by atoms with Crippen LogP contribution in [-0.2, 0) is 23.9 Å². The molecule has 2 aromatic carbocycles. The van der Waals surface area contributed by atoms with Gasteiger partial charge in [-0.25, -0.2) is 12.2 Å². The zero-order valence-electron chi connectivity index (χ0n) is 31.0. The van der Waals surface area contributed by atoms with Gasteiger partial charge < -0.3 is 31.2 Å². The molecule has 6 aliphatic carbocycles. The summed E-state index contributed by atoms with van der Waals surface area (Å²) in [7, 11) is 0. The summed E-state index contributed by atoms with van der Waals surface area (Å²) in [5.74, 6) is 0.460. The Morgan fingerprint density at radius 1 is 0.660 bits per heavy atom. The summed E-state index contributed by atoms with van der Waals surface area (Å²) < 4.78 is 1.46. The molecule has 0 heterocycles. The number of fused-ring (bicyclic) bond motifs is 8. The predicted molar refractivity (Wildman–Crippen MR) is 202 cm³/mol. The molecule has 50 heavy (non-hydrogen) atoms. The number of halogens is 2. The van der Waals surface area contributed by atoms with Crippen molar-refractivity contribution in [3.8, 4) is 0 Å². The number of hydrogen-bond donors (Lipinski definition) is 0. The van der Waals surface area contributed by atoms with Crippen molar-refractivity contribution in [1.82, 2.24) is 0 Å². The normalized spacial score (nSPS) is 38.8. The van der Waals surface area contributed by atoms with Crippen molar-refractivity contribution in [3.63, 3.8) is 0 Å². The second-order valence-corrected chi connectivity index (χ2v) is 17.6. The van der Waals surface area contributed by atoms with Crippen LogP contribution in [0.25, 0.3) is 0 Å². The van der Waals surface area contributed by atoms with E-state index < -0.39 is 0 Å². The van der Waals surface area contributed by atoms with Crippen LogP contribution in [0.4, 0.5) is 0 Å². The predicted octanol–water partition coefficient (Wildman–Crippen LogP) is 5.76. The van der Waals surface area contributed by atoms with Crippen LogP contribution in [-0.4, -0.2) is 3.26 Å². The van der Waals surface area contributed by atoms with Crippen LogP contribution in [0.5, 0.6) is 0 Å². The van der Waals surface area contributed by atoms with Crippen molar-refractivity contribution in [2.24, 2.45) is 43.8 Å². The molecule has 0 spiro atoms. The van der Waals surface area contributed by atoms with Gasteiger partial charge in [-0.3, -0.25) is 6.08 Å². The molecule has 0 nitrogen and oxygen atoms in total. The molecule has 0 bridgehead atoms. The summed E-state index contributed by atoms with van der Waals surface area (Å²) >= 11 is 1.08. The van der Waals surface area contributed by atoms with Gasteiger partial charge in [-0.1, -0.05) is 115 Å². The van der Waals surface area contributed by atoms with Gasteiger partial charge >= 0.3 is 98.9 Å². The Hall–Kier alpha value is -2.32. The average Bonchev–Trinajstić information content (AvgIpc) is 3.75. The molecule has 0 radical (unpaired) electrons. The van der Waals surface area contributed by atoms with Crippen molar-refractivity contribution < 1.29 is 48.7 Å². The van der Waals surface area contributed by atoms with Gasteiger partial charge in [0.1, 0.15) is 0 Å². The first-order valence-electron chi connectivity index (χ1n) is 17.6. The van der Waals surface area contributed by atoms with E-state index in [9.17, 15) is 0 Å². The maximum absolute atomic E-state index is 2.99. The van der Waals surface area contributed by atoms with E-state index in [1.165, 1.54) is 20.0 Å². The van der Waals surface area contributed by atoms with Crippen molar-refractivity contribution in [1.29, 1.82) is 0 Å².